The number of rotatable bonds is 6. The van der Waals surface area contributed by atoms with Crippen LogP contribution in [0.5, 0.6) is 0 Å². The Labute approximate surface area is 162 Å². The van der Waals surface area contributed by atoms with Crippen molar-refractivity contribution in [2.24, 2.45) is 7.05 Å². The molecule has 0 saturated heterocycles. The number of aromatic nitrogens is 5. The Bertz CT molecular complexity index is 1110. The third kappa shape index (κ3) is 3.96. The number of ketones is 1. The summed E-state index contributed by atoms with van der Waals surface area (Å²) in [4.78, 5) is 16.6. The first-order valence-electron chi connectivity index (χ1n) is 8.92. The zero-order valence-electron chi connectivity index (χ0n) is 15.4. The van der Waals surface area contributed by atoms with E-state index >= 15 is 0 Å². The zero-order valence-corrected chi connectivity index (χ0v) is 15.4. The Kier molecular flexibility index (Phi) is 4.93. The average molecular weight is 369 g/mol. The molecule has 0 N–H and O–H groups in total. The van der Waals surface area contributed by atoms with Crippen LogP contribution < -0.4 is 0 Å². The van der Waals surface area contributed by atoms with Crippen molar-refractivity contribution in [2.75, 3.05) is 0 Å². The molecule has 0 unspecified atom stereocenters. The molecule has 28 heavy (non-hydrogen) atoms. The Morgan fingerprint density at radius 1 is 1.07 bits per heavy atom. The van der Waals surface area contributed by atoms with E-state index in [0.717, 1.165) is 22.4 Å². The predicted molar refractivity (Wildman–Crippen MR) is 108 cm³/mol. The zero-order chi connectivity index (χ0) is 19.3. The molecule has 4 aromatic rings. The van der Waals surface area contributed by atoms with Crippen molar-refractivity contribution >= 4 is 11.9 Å². The summed E-state index contributed by atoms with van der Waals surface area (Å²) < 4.78 is 3.49. The maximum Gasteiger partial charge on any atom is 0.189 e. The van der Waals surface area contributed by atoms with Crippen LogP contribution in [0.15, 0.2) is 79.5 Å². The molecule has 0 amide bonds. The van der Waals surface area contributed by atoms with Crippen molar-refractivity contribution < 1.29 is 4.79 Å². The minimum Gasteiger partial charge on any atom is -0.289 e. The van der Waals surface area contributed by atoms with Crippen LogP contribution in [0.3, 0.4) is 0 Å². The highest BCUT2D eigenvalue weighted by Crippen LogP contribution is 2.23. The summed E-state index contributed by atoms with van der Waals surface area (Å²) >= 11 is 0. The van der Waals surface area contributed by atoms with Crippen LogP contribution >= 0.6 is 0 Å². The molecule has 0 fully saturated rings. The van der Waals surface area contributed by atoms with Crippen molar-refractivity contribution in [1.82, 2.24) is 24.5 Å². The van der Waals surface area contributed by atoms with Gasteiger partial charge in [-0.05, 0) is 29.8 Å². The molecule has 0 spiro atoms. The molecule has 0 aliphatic carbocycles. The number of carbonyl (C=O) groups excluding carboxylic acids is 1. The van der Waals surface area contributed by atoms with Gasteiger partial charge in [0.15, 0.2) is 5.78 Å². The second-order valence-electron chi connectivity index (χ2n) is 6.46. The molecule has 0 atom stereocenters. The number of hydrogen-bond donors (Lipinski definition) is 0. The topological polar surface area (TPSA) is 65.6 Å². The summed E-state index contributed by atoms with van der Waals surface area (Å²) in [7, 11) is 1.79. The van der Waals surface area contributed by atoms with Crippen molar-refractivity contribution in [3.8, 4) is 11.3 Å². The first-order valence-corrected chi connectivity index (χ1v) is 8.92. The molecular weight excluding hydrogens is 350 g/mol. The third-order valence-electron chi connectivity index (χ3n) is 4.32. The van der Waals surface area contributed by atoms with Gasteiger partial charge in [0.1, 0.15) is 5.69 Å². The Morgan fingerprint density at radius 3 is 2.64 bits per heavy atom. The first-order chi connectivity index (χ1) is 13.7. The van der Waals surface area contributed by atoms with Crippen LogP contribution in [0.2, 0.25) is 0 Å². The fourth-order valence-corrected chi connectivity index (χ4v) is 2.95. The summed E-state index contributed by atoms with van der Waals surface area (Å²) in [6.07, 6.45) is 12.1. The Hall–Kier alpha value is -3.80. The maximum atomic E-state index is 12.4. The number of aryl methyl sites for hydroxylation is 1. The van der Waals surface area contributed by atoms with E-state index in [9.17, 15) is 4.79 Å². The summed E-state index contributed by atoms with van der Waals surface area (Å²) in [5.74, 6) is -0.0963. The van der Waals surface area contributed by atoms with Gasteiger partial charge in [-0.3, -0.25) is 19.1 Å². The van der Waals surface area contributed by atoms with Crippen molar-refractivity contribution in [1.29, 1.82) is 0 Å². The van der Waals surface area contributed by atoms with Crippen LogP contribution in [0.25, 0.3) is 17.3 Å². The first kappa shape index (κ1) is 17.6. The molecule has 6 nitrogen and oxygen atoms in total. The summed E-state index contributed by atoms with van der Waals surface area (Å²) in [6.45, 7) is 0.651. The number of hydrogen-bond acceptors (Lipinski definition) is 4. The lowest BCUT2D eigenvalue weighted by Crippen LogP contribution is -2.00. The number of carbonyl (C=O) groups is 1. The molecule has 1 aromatic carbocycles. The van der Waals surface area contributed by atoms with E-state index in [2.05, 4.69) is 22.2 Å². The standard InChI is InChI=1S/C22H19N5O/c1-26-15-20(13-24-26)21(28)10-9-19-16-27(14-17-6-3-2-4-7-17)25-22(19)18-8-5-11-23-12-18/h2-13,15-16H,14H2,1H3. The van der Waals surface area contributed by atoms with Gasteiger partial charge < -0.3 is 0 Å². The fourth-order valence-electron chi connectivity index (χ4n) is 2.95. The smallest absolute Gasteiger partial charge is 0.189 e. The van der Waals surface area contributed by atoms with Gasteiger partial charge in [0, 0.05) is 43.0 Å². The van der Waals surface area contributed by atoms with Gasteiger partial charge in [-0.25, -0.2) is 0 Å². The molecule has 0 aliphatic rings. The maximum absolute atomic E-state index is 12.4. The predicted octanol–water partition coefficient (Wildman–Crippen LogP) is 3.62. The SMILES string of the molecule is Cn1cc(C(=O)C=Cc2cn(Cc3ccccc3)nc2-c2cccnc2)cn1. The van der Waals surface area contributed by atoms with Gasteiger partial charge in [-0.1, -0.05) is 30.3 Å². The van der Waals surface area contributed by atoms with E-state index in [1.807, 2.05) is 41.2 Å². The van der Waals surface area contributed by atoms with Crippen LogP contribution in [0.4, 0.5) is 0 Å². The Balaban J connectivity index is 1.66. The molecule has 0 aliphatic heterocycles. The van der Waals surface area contributed by atoms with Gasteiger partial charge in [-0.2, -0.15) is 10.2 Å². The number of allylic oxidation sites excluding steroid dienone is 1. The normalized spacial score (nSPS) is 11.2. The molecular formula is C22H19N5O. The summed E-state index contributed by atoms with van der Waals surface area (Å²) in [6, 6.07) is 14.0. The minimum atomic E-state index is -0.0963. The largest absolute Gasteiger partial charge is 0.289 e. The van der Waals surface area contributed by atoms with Gasteiger partial charge >= 0.3 is 0 Å². The van der Waals surface area contributed by atoms with E-state index in [4.69, 9.17) is 5.10 Å². The second kappa shape index (κ2) is 7.84. The number of pyridine rings is 1. The van der Waals surface area contributed by atoms with Crippen LogP contribution in [0, 0.1) is 0 Å². The van der Waals surface area contributed by atoms with Crippen LogP contribution in [-0.4, -0.2) is 30.3 Å². The highest BCUT2D eigenvalue weighted by molar-refractivity contribution is 6.06. The fraction of sp³-hybridized carbons (Fsp3) is 0.0909. The molecule has 3 heterocycles. The lowest BCUT2D eigenvalue weighted by Gasteiger charge is -2.01. The molecule has 0 radical (unpaired) electrons. The number of benzene rings is 1. The van der Waals surface area contributed by atoms with E-state index in [0.29, 0.717) is 12.1 Å². The minimum absolute atomic E-state index is 0.0963. The highest BCUT2D eigenvalue weighted by atomic mass is 16.1. The molecule has 4 rings (SSSR count). The molecule has 3 aromatic heterocycles. The van der Waals surface area contributed by atoms with Gasteiger partial charge in [0.2, 0.25) is 0 Å². The van der Waals surface area contributed by atoms with Crippen molar-refractivity contribution in [3.63, 3.8) is 0 Å². The lowest BCUT2D eigenvalue weighted by atomic mass is 10.1. The highest BCUT2D eigenvalue weighted by Gasteiger charge is 2.11. The summed E-state index contributed by atoms with van der Waals surface area (Å²) in [5.41, 5.74) is 4.27. The van der Waals surface area contributed by atoms with Crippen molar-refractivity contribution in [3.05, 3.63) is 96.2 Å². The monoisotopic (exact) mass is 369 g/mol. The number of nitrogens with zero attached hydrogens (tertiary/aromatic N) is 5. The van der Waals surface area contributed by atoms with Gasteiger partial charge in [-0.15, -0.1) is 0 Å². The van der Waals surface area contributed by atoms with Crippen LogP contribution in [0.1, 0.15) is 21.5 Å². The van der Waals surface area contributed by atoms with E-state index < -0.39 is 0 Å². The molecule has 0 saturated carbocycles. The molecule has 6 heteroatoms. The van der Waals surface area contributed by atoms with Crippen LogP contribution in [-0.2, 0) is 13.6 Å². The van der Waals surface area contributed by atoms with E-state index in [-0.39, 0.29) is 5.78 Å². The van der Waals surface area contributed by atoms with Gasteiger partial charge in [0.05, 0.1) is 18.3 Å². The lowest BCUT2D eigenvalue weighted by molar-refractivity contribution is 0.104. The second-order valence-corrected chi connectivity index (χ2v) is 6.46. The van der Waals surface area contributed by atoms with Gasteiger partial charge in [0.25, 0.3) is 0 Å². The molecule has 138 valence electrons. The van der Waals surface area contributed by atoms with E-state index in [1.165, 1.54) is 0 Å². The Morgan fingerprint density at radius 2 is 1.93 bits per heavy atom. The summed E-state index contributed by atoms with van der Waals surface area (Å²) in [5, 5.41) is 8.77. The van der Waals surface area contributed by atoms with E-state index in [1.54, 1.807) is 48.7 Å². The quantitative estimate of drug-likeness (QED) is 0.385. The van der Waals surface area contributed by atoms with Crippen molar-refractivity contribution in [2.45, 2.75) is 6.54 Å². The average Bonchev–Trinajstić information content (AvgIpc) is 3.34. The molecule has 0 bridgehead atoms. The third-order valence-corrected chi connectivity index (χ3v) is 4.32.